The molecular weight excluding hydrogens is 326 g/mol. The molecule has 6 nitrogen and oxygen atoms in total. The second-order valence-electron chi connectivity index (χ2n) is 5.73. The van der Waals surface area contributed by atoms with Crippen LogP contribution in [0, 0.1) is 6.92 Å². The fraction of sp³-hybridized carbons (Fsp3) is 0.235. The molecule has 0 saturated carbocycles. The lowest BCUT2D eigenvalue weighted by Gasteiger charge is -2.11. The van der Waals surface area contributed by atoms with Crippen LogP contribution < -0.4 is 5.32 Å². The molecule has 2 heterocycles. The van der Waals surface area contributed by atoms with E-state index in [-0.39, 0.29) is 10.9 Å². The lowest BCUT2D eigenvalue weighted by molar-refractivity contribution is 0.467. The van der Waals surface area contributed by atoms with Crippen LogP contribution in [0.4, 0.5) is 5.69 Å². The number of furan rings is 1. The van der Waals surface area contributed by atoms with Crippen molar-refractivity contribution in [1.29, 1.82) is 0 Å². The number of sulfone groups is 1. The lowest BCUT2D eigenvalue weighted by atomic mass is 10.2. The Balaban J connectivity index is 1.87. The van der Waals surface area contributed by atoms with Crippen LogP contribution in [-0.2, 0) is 9.84 Å². The maximum atomic E-state index is 11.9. The van der Waals surface area contributed by atoms with Crippen molar-refractivity contribution in [3.8, 4) is 5.69 Å². The van der Waals surface area contributed by atoms with E-state index in [0.717, 1.165) is 17.2 Å². The monoisotopic (exact) mass is 345 g/mol. The molecule has 24 heavy (non-hydrogen) atoms. The third-order valence-corrected chi connectivity index (χ3v) is 4.81. The molecule has 0 fully saturated rings. The number of nitrogens with one attached hydrogen (secondary N) is 1. The van der Waals surface area contributed by atoms with Gasteiger partial charge in [0.25, 0.3) is 0 Å². The van der Waals surface area contributed by atoms with Crippen LogP contribution >= 0.6 is 0 Å². The summed E-state index contributed by atoms with van der Waals surface area (Å²) in [6.45, 7) is 3.89. The van der Waals surface area contributed by atoms with Crippen molar-refractivity contribution in [3.63, 3.8) is 0 Å². The Morgan fingerprint density at radius 2 is 1.96 bits per heavy atom. The minimum Gasteiger partial charge on any atom is -0.464 e. The molecule has 0 aliphatic heterocycles. The van der Waals surface area contributed by atoms with Crippen molar-refractivity contribution >= 4 is 15.5 Å². The molecule has 2 aromatic heterocycles. The Bertz CT molecular complexity index is 957. The van der Waals surface area contributed by atoms with Gasteiger partial charge in [0, 0.05) is 6.26 Å². The second kappa shape index (κ2) is 6.16. The van der Waals surface area contributed by atoms with E-state index < -0.39 is 9.84 Å². The van der Waals surface area contributed by atoms with E-state index >= 15 is 0 Å². The van der Waals surface area contributed by atoms with Gasteiger partial charge in [-0.3, -0.25) is 0 Å². The van der Waals surface area contributed by atoms with E-state index in [2.05, 4.69) is 10.4 Å². The van der Waals surface area contributed by atoms with Gasteiger partial charge in [0.1, 0.15) is 11.5 Å². The predicted octanol–water partition coefficient (Wildman–Crippen LogP) is 3.35. The average Bonchev–Trinajstić information content (AvgIpc) is 3.15. The molecule has 0 amide bonds. The van der Waals surface area contributed by atoms with Crippen LogP contribution in [0.15, 0.2) is 58.1 Å². The SMILES string of the molecule is Cc1ccc([C@@H](C)Nc2cnn(-c3ccccc3S(C)(=O)=O)c2)o1. The molecule has 126 valence electrons. The zero-order valence-electron chi connectivity index (χ0n) is 13.7. The summed E-state index contributed by atoms with van der Waals surface area (Å²) < 4.78 is 31.0. The van der Waals surface area contributed by atoms with Crippen LogP contribution in [0.5, 0.6) is 0 Å². The number of anilines is 1. The number of aromatic nitrogens is 2. The number of aryl methyl sites for hydroxylation is 1. The largest absolute Gasteiger partial charge is 0.464 e. The minimum absolute atomic E-state index is 0.0264. The van der Waals surface area contributed by atoms with Gasteiger partial charge in [0.15, 0.2) is 9.84 Å². The standard InChI is InChI=1S/C17H19N3O3S/c1-12-8-9-16(23-12)13(2)19-14-10-18-20(11-14)15-6-4-5-7-17(15)24(3,21)22/h4-11,13,19H,1-3H3/t13-/m1/s1. The first-order valence-electron chi connectivity index (χ1n) is 7.51. The van der Waals surface area contributed by atoms with Crippen LogP contribution in [0.2, 0.25) is 0 Å². The second-order valence-corrected chi connectivity index (χ2v) is 7.71. The van der Waals surface area contributed by atoms with E-state index in [1.807, 2.05) is 26.0 Å². The Morgan fingerprint density at radius 1 is 1.21 bits per heavy atom. The number of nitrogens with zero attached hydrogens (tertiary/aromatic N) is 2. The van der Waals surface area contributed by atoms with Crippen LogP contribution in [0.25, 0.3) is 5.69 Å². The molecule has 1 aromatic carbocycles. The van der Waals surface area contributed by atoms with Crippen molar-refractivity contribution < 1.29 is 12.8 Å². The van der Waals surface area contributed by atoms with Gasteiger partial charge < -0.3 is 9.73 Å². The maximum absolute atomic E-state index is 11.9. The third kappa shape index (κ3) is 3.35. The first kappa shape index (κ1) is 16.3. The summed E-state index contributed by atoms with van der Waals surface area (Å²) in [5.74, 6) is 1.69. The van der Waals surface area contributed by atoms with E-state index in [4.69, 9.17) is 4.42 Å². The van der Waals surface area contributed by atoms with Gasteiger partial charge in [-0.25, -0.2) is 13.1 Å². The number of rotatable bonds is 5. The topological polar surface area (TPSA) is 77.1 Å². The van der Waals surface area contributed by atoms with Crippen LogP contribution in [0.3, 0.4) is 0 Å². The molecule has 0 spiro atoms. The molecular formula is C17H19N3O3S. The third-order valence-electron chi connectivity index (χ3n) is 3.67. The smallest absolute Gasteiger partial charge is 0.177 e. The summed E-state index contributed by atoms with van der Waals surface area (Å²) in [5.41, 5.74) is 1.30. The fourth-order valence-corrected chi connectivity index (χ4v) is 3.36. The average molecular weight is 345 g/mol. The van der Waals surface area contributed by atoms with Crippen molar-refractivity contribution in [3.05, 3.63) is 60.3 Å². The first-order valence-corrected chi connectivity index (χ1v) is 9.41. The van der Waals surface area contributed by atoms with Gasteiger partial charge in [-0.1, -0.05) is 12.1 Å². The van der Waals surface area contributed by atoms with Crippen LogP contribution in [-0.4, -0.2) is 24.5 Å². The highest BCUT2D eigenvalue weighted by atomic mass is 32.2. The number of hydrogen-bond donors (Lipinski definition) is 1. The lowest BCUT2D eigenvalue weighted by Crippen LogP contribution is -2.06. The number of para-hydroxylation sites is 1. The van der Waals surface area contributed by atoms with Crippen molar-refractivity contribution in [1.82, 2.24) is 9.78 Å². The summed E-state index contributed by atoms with van der Waals surface area (Å²) >= 11 is 0. The molecule has 7 heteroatoms. The molecule has 0 radical (unpaired) electrons. The summed E-state index contributed by atoms with van der Waals surface area (Å²) in [7, 11) is -3.33. The molecule has 0 saturated heterocycles. The van der Waals surface area contributed by atoms with E-state index in [0.29, 0.717) is 5.69 Å². The number of hydrogen-bond acceptors (Lipinski definition) is 5. The summed E-state index contributed by atoms with van der Waals surface area (Å²) in [6.07, 6.45) is 4.61. The predicted molar refractivity (Wildman–Crippen MR) is 92.2 cm³/mol. The van der Waals surface area contributed by atoms with Gasteiger partial charge in [0.2, 0.25) is 0 Å². The van der Waals surface area contributed by atoms with Gasteiger partial charge in [0.05, 0.1) is 34.7 Å². The highest BCUT2D eigenvalue weighted by molar-refractivity contribution is 7.90. The Morgan fingerprint density at radius 3 is 2.62 bits per heavy atom. The molecule has 1 N–H and O–H groups in total. The molecule has 0 aliphatic carbocycles. The van der Waals surface area contributed by atoms with Gasteiger partial charge in [-0.15, -0.1) is 0 Å². The maximum Gasteiger partial charge on any atom is 0.177 e. The van der Waals surface area contributed by atoms with Crippen LogP contribution in [0.1, 0.15) is 24.5 Å². The molecule has 1 atom stereocenters. The molecule has 3 aromatic rings. The van der Waals surface area contributed by atoms with Gasteiger partial charge >= 0.3 is 0 Å². The highest BCUT2D eigenvalue weighted by Gasteiger charge is 2.16. The van der Waals surface area contributed by atoms with E-state index in [1.54, 1.807) is 41.3 Å². The summed E-state index contributed by atoms with van der Waals surface area (Å²) in [6, 6.07) is 10.6. The van der Waals surface area contributed by atoms with Gasteiger partial charge in [-0.05, 0) is 38.1 Å². The molecule has 3 rings (SSSR count). The number of benzene rings is 1. The van der Waals surface area contributed by atoms with E-state index in [9.17, 15) is 8.42 Å². The Kier molecular flexibility index (Phi) is 4.19. The van der Waals surface area contributed by atoms with Crippen molar-refractivity contribution in [2.75, 3.05) is 11.6 Å². The van der Waals surface area contributed by atoms with Gasteiger partial charge in [-0.2, -0.15) is 5.10 Å². The molecule has 0 unspecified atom stereocenters. The fourth-order valence-electron chi connectivity index (χ4n) is 2.50. The normalized spacial score (nSPS) is 13.0. The first-order chi connectivity index (χ1) is 11.3. The highest BCUT2D eigenvalue weighted by Crippen LogP contribution is 2.23. The zero-order valence-corrected chi connectivity index (χ0v) is 14.5. The Hall–Kier alpha value is -2.54. The summed E-state index contributed by atoms with van der Waals surface area (Å²) in [5, 5.41) is 7.56. The quantitative estimate of drug-likeness (QED) is 0.767. The summed E-state index contributed by atoms with van der Waals surface area (Å²) in [4.78, 5) is 0.245. The van der Waals surface area contributed by atoms with E-state index in [1.165, 1.54) is 6.26 Å². The van der Waals surface area contributed by atoms with Crippen molar-refractivity contribution in [2.45, 2.75) is 24.8 Å². The Labute approximate surface area is 141 Å². The molecule has 0 bridgehead atoms. The minimum atomic E-state index is -3.33. The molecule has 0 aliphatic rings. The van der Waals surface area contributed by atoms with Crippen molar-refractivity contribution in [2.24, 2.45) is 0 Å². The zero-order chi connectivity index (χ0) is 17.3.